The number of rotatable bonds is 2. The molecule has 1 aliphatic rings. The highest BCUT2D eigenvalue weighted by Gasteiger charge is 2.37. The van der Waals surface area contributed by atoms with Crippen LogP contribution >= 0.6 is 0 Å². The third-order valence-corrected chi connectivity index (χ3v) is 4.99. The van der Waals surface area contributed by atoms with E-state index in [1.54, 1.807) is 16.8 Å². The van der Waals surface area contributed by atoms with E-state index in [1.165, 1.54) is 0 Å². The molecule has 3 aromatic rings. The third-order valence-electron chi connectivity index (χ3n) is 4.99. The molecule has 1 aliphatic heterocycles. The van der Waals surface area contributed by atoms with Gasteiger partial charge in [0.2, 0.25) is 5.69 Å². The lowest BCUT2D eigenvalue weighted by Crippen LogP contribution is -2.46. The van der Waals surface area contributed by atoms with E-state index in [1.807, 2.05) is 43.4 Å². The van der Waals surface area contributed by atoms with Gasteiger partial charge in [0.05, 0.1) is 31.2 Å². The molecule has 3 heterocycles. The minimum absolute atomic E-state index is 0.0691. The molecule has 1 fully saturated rings. The summed E-state index contributed by atoms with van der Waals surface area (Å²) in [6, 6.07) is 13.1. The monoisotopic (exact) mass is 322 g/mol. The molecule has 5 heteroatoms. The zero-order chi connectivity index (χ0) is 16.7. The summed E-state index contributed by atoms with van der Waals surface area (Å²) in [5, 5.41) is 11.5. The van der Waals surface area contributed by atoms with Crippen molar-refractivity contribution in [3.05, 3.63) is 59.0 Å². The molecule has 1 N–H and O–H groups in total. The van der Waals surface area contributed by atoms with Crippen molar-refractivity contribution in [1.82, 2.24) is 14.0 Å². The van der Waals surface area contributed by atoms with Crippen molar-refractivity contribution in [2.24, 2.45) is 0 Å². The predicted octanol–water partition coefficient (Wildman–Crippen LogP) is 2.82. The fraction of sp³-hybridized carbons (Fsp3) is 0.263. The molecule has 0 amide bonds. The van der Waals surface area contributed by atoms with Gasteiger partial charge >= 0.3 is 5.56 Å². The summed E-state index contributed by atoms with van der Waals surface area (Å²) in [5.74, 6) is 0.0691. The second kappa shape index (κ2) is 5.46. The van der Waals surface area contributed by atoms with Crippen LogP contribution in [0, 0.1) is 0 Å². The average Bonchev–Trinajstić information content (AvgIpc) is 3.03. The van der Waals surface area contributed by atoms with Crippen molar-refractivity contribution in [2.75, 3.05) is 20.1 Å². The summed E-state index contributed by atoms with van der Waals surface area (Å²) in [4.78, 5) is 17.7. The number of para-hydroxylation sites is 1. The van der Waals surface area contributed by atoms with Gasteiger partial charge in [-0.15, -0.1) is 0 Å². The smallest absolute Gasteiger partial charge is 0.322 e. The predicted molar refractivity (Wildman–Crippen MR) is 95.7 cm³/mol. The molecule has 0 bridgehead atoms. The van der Waals surface area contributed by atoms with Crippen LogP contribution in [0.2, 0.25) is 0 Å². The van der Waals surface area contributed by atoms with E-state index < -0.39 is 0 Å². The fourth-order valence-corrected chi connectivity index (χ4v) is 3.75. The molecule has 0 atom stereocenters. The number of aromatic hydroxyl groups is 1. The highest BCUT2D eigenvalue weighted by molar-refractivity contribution is 5.88. The zero-order valence-electron chi connectivity index (χ0n) is 13.6. The maximum atomic E-state index is 13.3. The van der Waals surface area contributed by atoms with Crippen molar-refractivity contribution < 1.29 is 5.11 Å². The number of fused-ring (bicyclic) bond motifs is 1. The van der Waals surface area contributed by atoms with Gasteiger partial charge in [-0.25, -0.2) is 4.98 Å². The first-order chi connectivity index (χ1) is 11.6. The molecule has 5 nitrogen and oxygen atoms in total. The van der Waals surface area contributed by atoms with Crippen molar-refractivity contribution in [1.29, 1.82) is 0 Å². The number of likely N-dealkylation sites (tertiary alicyclic amines) is 1. The van der Waals surface area contributed by atoms with E-state index in [4.69, 9.17) is 0 Å². The van der Waals surface area contributed by atoms with E-state index in [-0.39, 0.29) is 11.3 Å². The third kappa shape index (κ3) is 2.12. The molecule has 0 radical (unpaired) electrons. The summed E-state index contributed by atoms with van der Waals surface area (Å²) in [7, 11) is 2.03. The van der Waals surface area contributed by atoms with Gasteiger partial charge in [0.1, 0.15) is 0 Å². The molecule has 0 unspecified atom stereocenters. The Kier molecular flexibility index (Phi) is 3.39. The summed E-state index contributed by atoms with van der Waals surface area (Å²) >= 11 is 0. The first kappa shape index (κ1) is 14.9. The second-order valence-electron chi connectivity index (χ2n) is 6.60. The Morgan fingerprint density at radius 3 is 2.50 bits per heavy atom. The lowest BCUT2D eigenvalue weighted by molar-refractivity contribution is 0.376. The molecule has 2 aromatic heterocycles. The zero-order valence-corrected chi connectivity index (χ0v) is 13.6. The number of nitrogens with zero attached hydrogens (tertiary/aromatic N) is 3. The van der Waals surface area contributed by atoms with E-state index in [0.717, 1.165) is 31.6 Å². The van der Waals surface area contributed by atoms with Crippen molar-refractivity contribution >= 4 is 16.7 Å². The Morgan fingerprint density at radius 1 is 1.08 bits per heavy atom. The van der Waals surface area contributed by atoms with Crippen LogP contribution in [0.1, 0.15) is 12.8 Å². The van der Waals surface area contributed by atoms with Crippen LogP contribution < -0.4 is 10.0 Å². The van der Waals surface area contributed by atoms with E-state index >= 15 is 0 Å². The highest BCUT2D eigenvalue weighted by atomic mass is 16.3. The van der Waals surface area contributed by atoms with Gasteiger partial charge in [0.15, 0.2) is 11.4 Å². The first-order valence-electron chi connectivity index (χ1n) is 8.25. The maximum Gasteiger partial charge on any atom is 0.322 e. The second-order valence-corrected chi connectivity index (χ2v) is 6.60. The van der Waals surface area contributed by atoms with Crippen LogP contribution in [0.25, 0.3) is 16.7 Å². The first-order valence-corrected chi connectivity index (χ1v) is 8.25. The van der Waals surface area contributed by atoms with Gasteiger partial charge in [0.25, 0.3) is 0 Å². The van der Waals surface area contributed by atoms with Gasteiger partial charge in [-0.2, -0.15) is 0 Å². The number of hydrogen-bond donors (Lipinski definition) is 1. The molecule has 0 saturated carbocycles. The largest absolute Gasteiger partial charge is 0.502 e. The Morgan fingerprint density at radius 2 is 1.79 bits per heavy atom. The number of quaternary nitrogens is 1. The molecule has 122 valence electrons. The molecule has 24 heavy (non-hydrogen) atoms. The fourth-order valence-electron chi connectivity index (χ4n) is 3.75. The van der Waals surface area contributed by atoms with Crippen molar-refractivity contribution in [3.63, 3.8) is 0 Å². The average molecular weight is 322 g/mol. The Hall–Kier alpha value is -2.66. The molecular weight excluding hydrogens is 302 g/mol. The lowest BCUT2D eigenvalue weighted by Gasteiger charge is -2.29. The summed E-state index contributed by atoms with van der Waals surface area (Å²) in [5.41, 5.74) is 1.53. The van der Waals surface area contributed by atoms with E-state index in [2.05, 4.69) is 4.98 Å². The SMILES string of the molecule is C[N+]1(c2c(O)c3cccnc3n(-c3ccccc3)c2=O)CCCC1. The minimum Gasteiger partial charge on any atom is -0.502 e. The number of benzene rings is 1. The van der Waals surface area contributed by atoms with Crippen LogP contribution in [0.3, 0.4) is 0 Å². The Labute approximate surface area is 140 Å². The van der Waals surface area contributed by atoms with E-state index in [9.17, 15) is 9.90 Å². The Balaban J connectivity index is 2.14. The van der Waals surface area contributed by atoms with Crippen LogP contribution in [0.5, 0.6) is 5.75 Å². The van der Waals surface area contributed by atoms with Crippen molar-refractivity contribution in [3.8, 4) is 11.4 Å². The molecule has 0 spiro atoms. The van der Waals surface area contributed by atoms with E-state index in [0.29, 0.717) is 21.2 Å². The quantitative estimate of drug-likeness (QED) is 0.738. The minimum atomic E-state index is -0.186. The van der Waals surface area contributed by atoms with Gasteiger partial charge in [-0.3, -0.25) is 13.8 Å². The highest BCUT2D eigenvalue weighted by Crippen LogP contribution is 2.37. The number of pyridine rings is 2. The summed E-state index contributed by atoms with van der Waals surface area (Å²) < 4.78 is 2.09. The Bertz CT molecular complexity index is 958. The van der Waals surface area contributed by atoms with Crippen LogP contribution in [-0.2, 0) is 0 Å². The number of aromatic nitrogens is 2. The molecule has 4 rings (SSSR count). The summed E-state index contributed by atoms with van der Waals surface area (Å²) in [6.45, 7) is 1.73. The van der Waals surface area contributed by atoms with Crippen molar-refractivity contribution in [2.45, 2.75) is 12.8 Å². The normalized spacial score (nSPS) is 16.5. The van der Waals surface area contributed by atoms with Gasteiger partial charge in [-0.1, -0.05) is 18.2 Å². The van der Waals surface area contributed by atoms with Gasteiger partial charge < -0.3 is 5.11 Å². The molecule has 0 aliphatic carbocycles. The standard InChI is InChI=1S/C19H19N3O2/c1-22(12-5-6-13-22)16-17(23)15-10-7-11-20-18(15)21(19(16)24)14-8-3-2-4-9-14/h2-4,7-11H,5-6,12-13H2,1H3/p+1. The van der Waals surface area contributed by atoms with Gasteiger partial charge in [-0.05, 0) is 24.3 Å². The van der Waals surface area contributed by atoms with Crippen LogP contribution in [0.4, 0.5) is 5.69 Å². The topological polar surface area (TPSA) is 55.1 Å². The summed E-state index contributed by atoms with van der Waals surface area (Å²) in [6.07, 6.45) is 3.77. The lowest BCUT2D eigenvalue weighted by atomic mass is 10.2. The molecule has 1 saturated heterocycles. The van der Waals surface area contributed by atoms with Crippen LogP contribution in [0.15, 0.2) is 53.5 Å². The molecule has 1 aromatic carbocycles. The van der Waals surface area contributed by atoms with Crippen LogP contribution in [-0.4, -0.2) is 34.8 Å². The number of hydrogen-bond acceptors (Lipinski definition) is 3. The van der Waals surface area contributed by atoms with Gasteiger partial charge in [0, 0.05) is 19.0 Å². The maximum absolute atomic E-state index is 13.3. The molecular formula is C19H20N3O2+.